The highest BCUT2D eigenvalue weighted by Gasteiger charge is 2.18. The fraction of sp³-hybridized carbons (Fsp3) is 0.286. The number of nitrogens with zero attached hydrogens (tertiary/aromatic N) is 5. The molecule has 10 nitrogen and oxygen atoms in total. The molecule has 1 atom stereocenters. The van der Waals surface area contributed by atoms with Crippen LogP contribution >= 0.6 is 0 Å². The van der Waals surface area contributed by atoms with E-state index in [0.717, 1.165) is 60.1 Å². The number of piperidine rings is 1. The van der Waals surface area contributed by atoms with Crippen molar-refractivity contribution in [2.45, 2.75) is 38.0 Å². The van der Waals surface area contributed by atoms with Crippen molar-refractivity contribution in [3.05, 3.63) is 78.2 Å². The summed E-state index contributed by atoms with van der Waals surface area (Å²) in [5.41, 5.74) is 5.05. The van der Waals surface area contributed by atoms with Crippen molar-refractivity contribution in [1.29, 1.82) is 0 Å². The Hall–Kier alpha value is -4.09. The molecule has 0 aliphatic carbocycles. The van der Waals surface area contributed by atoms with E-state index in [9.17, 15) is 8.42 Å². The number of sulfonamides is 1. The smallest absolute Gasteiger partial charge is 0.238 e. The third-order valence-corrected chi connectivity index (χ3v) is 8.19. The van der Waals surface area contributed by atoms with Crippen molar-refractivity contribution in [2.24, 2.45) is 0 Å². The van der Waals surface area contributed by atoms with Crippen molar-refractivity contribution in [1.82, 2.24) is 29.9 Å². The molecule has 4 heterocycles. The van der Waals surface area contributed by atoms with Gasteiger partial charge in [0.05, 0.1) is 17.0 Å². The van der Waals surface area contributed by atoms with E-state index in [2.05, 4.69) is 43.4 Å². The molecular formula is C28H30N8O2S. The lowest BCUT2D eigenvalue weighted by molar-refractivity contribution is 0.478. The second kappa shape index (κ2) is 10.6. The molecule has 1 aliphatic rings. The van der Waals surface area contributed by atoms with Crippen LogP contribution in [0.2, 0.25) is 0 Å². The zero-order valence-electron chi connectivity index (χ0n) is 21.6. The molecule has 1 saturated heterocycles. The Kier molecular flexibility index (Phi) is 6.84. The highest BCUT2D eigenvalue weighted by molar-refractivity contribution is 7.91. The number of nitrogens with one attached hydrogen (secondary N) is 3. The Labute approximate surface area is 227 Å². The molecule has 5 aromatic rings. The van der Waals surface area contributed by atoms with Gasteiger partial charge >= 0.3 is 0 Å². The Morgan fingerprint density at radius 3 is 2.77 bits per heavy atom. The topological polar surface area (TPSA) is 126 Å². The summed E-state index contributed by atoms with van der Waals surface area (Å²) in [4.78, 5) is 13.7. The number of hydrogen-bond acceptors (Lipinski definition) is 8. The van der Waals surface area contributed by atoms with Gasteiger partial charge in [-0.2, -0.15) is 5.10 Å². The van der Waals surface area contributed by atoms with Crippen LogP contribution in [0.3, 0.4) is 0 Å². The van der Waals surface area contributed by atoms with E-state index in [0.29, 0.717) is 23.1 Å². The predicted molar refractivity (Wildman–Crippen MR) is 153 cm³/mol. The number of benzene rings is 2. The molecule has 2 aromatic carbocycles. The van der Waals surface area contributed by atoms with Gasteiger partial charge in [-0.1, -0.05) is 37.3 Å². The molecule has 0 spiro atoms. The van der Waals surface area contributed by atoms with Crippen molar-refractivity contribution < 1.29 is 8.42 Å². The SMILES string of the molecule is CCc1cc(-c2ccc3c(NS(=O)(=O)Cc4ccccc4)ncnn23)cc2cnc(N[C@H]3CCCNC3)nc12. The van der Waals surface area contributed by atoms with E-state index >= 15 is 0 Å². The van der Waals surface area contributed by atoms with Gasteiger partial charge in [-0.15, -0.1) is 0 Å². The largest absolute Gasteiger partial charge is 0.350 e. The average molecular weight is 543 g/mol. The standard InChI is InChI=1S/C28H30N8O2S/c1-2-20-13-21(14-22-15-30-28(34-26(20)22)33-23-9-6-12-29-16-23)24-10-11-25-27(31-18-32-36(24)25)35-39(37,38)17-19-7-4-3-5-8-19/h3-5,7-8,10-11,13-15,18,23,29H,2,6,9,12,16-17H2,1H3,(H,30,33,34)(H,31,32,35)/t23-/m0/s1. The van der Waals surface area contributed by atoms with E-state index in [1.54, 1.807) is 16.6 Å². The Balaban J connectivity index is 1.32. The average Bonchev–Trinajstić information content (AvgIpc) is 3.38. The molecule has 200 valence electrons. The van der Waals surface area contributed by atoms with Gasteiger partial charge in [-0.05, 0) is 61.2 Å². The zero-order chi connectivity index (χ0) is 26.8. The maximum atomic E-state index is 12.9. The first-order valence-electron chi connectivity index (χ1n) is 13.1. The summed E-state index contributed by atoms with van der Waals surface area (Å²) in [5.74, 6) is 0.739. The Bertz CT molecular complexity index is 1730. The van der Waals surface area contributed by atoms with Crippen molar-refractivity contribution >= 4 is 38.2 Å². The van der Waals surface area contributed by atoms with Gasteiger partial charge in [0.2, 0.25) is 16.0 Å². The van der Waals surface area contributed by atoms with Gasteiger partial charge in [0, 0.05) is 29.7 Å². The van der Waals surface area contributed by atoms with Crippen LogP contribution in [-0.4, -0.2) is 52.1 Å². The molecule has 0 saturated carbocycles. The minimum absolute atomic E-state index is 0.143. The van der Waals surface area contributed by atoms with E-state index in [1.807, 2.05) is 42.6 Å². The Morgan fingerprint density at radius 2 is 1.97 bits per heavy atom. The number of aryl methyl sites for hydroxylation is 1. The molecule has 0 radical (unpaired) electrons. The zero-order valence-corrected chi connectivity index (χ0v) is 22.4. The van der Waals surface area contributed by atoms with Crippen molar-refractivity contribution in [3.8, 4) is 11.3 Å². The molecule has 0 unspecified atom stereocenters. The quantitative estimate of drug-likeness (QED) is 0.269. The molecule has 0 bridgehead atoms. The van der Waals surface area contributed by atoms with Crippen LogP contribution < -0.4 is 15.4 Å². The summed E-state index contributed by atoms with van der Waals surface area (Å²) in [6.07, 6.45) is 6.26. The monoisotopic (exact) mass is 542 g/mol. The first-order chi connectivity index (χ1) is 19.0. The molecular weight excluding hydrogens is 512 g/mol. The van der Waals surface area contributed by atoms with Crippen LogP contribution in [0.15, 0.2) is 67.1 Å². The van der Waals surface area contributed by atoms with Crippen LogP contribution in [0.25, 0.3) is 27.7 Å². The highest BCUT2D eigenvalue weighted by Crippen LogP contribution is 2.30. The van der Waals surface area contributed by atoms with Gasteiger partial charge in [0.1, 0.15) is 11.8 Å². The molecule has 0 amide bonds. The predicted octanol–water partition coefficient (Wildman–Crippen LogP) is 4.01. The van der Waals surface area contributed by atoms with Crippen LogP contribution in [0, 0.1) is 0 Å². The lowest BCUT2D eigenvalue weighted by Crippen LogP contribution is -2.38. The van der Waals surface area contributed by atoms with E-state index < -0.39 is 10.0 Å². The Morgan fingerprint density at radius 1 is 1.10 bits per heavy atom. The second-order valence-corrected chi connectivity index (χ2v) is 11.5. The fourth-order valence-corrected chi connectivity index (χ4v) is 6.23. The fourth-order valence-electron chi connectivity index (χ4n) is 5.07. The van der Waals surface area contributed by atoms with Crippen LogP contribution in [-0.2, 0) is 22.2 Å². The third kappa shape index (κ3) is 5.41. The second-order valence-electron chi connectivity index (χ2n) is 9.78. The van der Waals surface area contributed by atoms with Gasteiger partial charge < -0.3 is 10.6 Å². The summed E-state index contributed by atoms with van der Waals surface area (Å²) in [5, 5.41) is 12.2. The lowest BCUT2D eigenvalue weighted by atomic mass is 10.0. The molecule has 1 aliphatic heterocycles. The summed E-state index contributed by atoms with van der Waals surface area (Å²) >= 11 is 0. The first-order valence-corrected chi connectivity index (χ1v) is 14.8. The van der Waals surface area contributed by atoms with Crippen molar-refractivity contribution in [3.63, 3.8) is 0 Å². The molecule has 11 heteroatoms. The number of rotatable bonds is 8. The van der Waals surface area contributed by atoms with Crippen LogP contribution in [0.1, 0.15) is 30.9 Å². The van der Waals surface area contributed by atoms with E-state index in [1.165, 1.54) is 6.33 Å². The number of fused-ring (bicyclic) bond motifs is 2. The van der Waals surface area contributed by atoms with Gasteiger partial charge in [0.15, 0.2) is 5.82 Å². The lowest BCUT2D eigenvalue weighted by Gasteiger charge is -2.23. The minimum atomic E-state index is -3.67. The van der Waals surface area contributed by atoms with Crippen molar-refractivity contribution in [2.75, 3.05) is 23.1 Å². The van der Waals surface area contributed by atoms with E-state index in [4.69, 9.17) is 4.98 Å². The summed E-state index contributed by atoms with van der Waals surface area (Å²) in [6, 6.07) is 17.3. The molecule has 3 N–H and O–H groups in total. The summed E-state index contributed by atoms with van der Waals surface area (Å²) < 4.78 is 30.1. The van der Waals surface area contributed by atoms with Crippen LogP contribution in [0.4, 0.5) is 11.8 Å². The normalized spacial score (nSPS) is 16.0. The molecule has 3 aromatic heterocycles. The van der Waals surface area contributed by atoms with Gasteiger partial charge in [-0.25, -0.2) is 27.9 Å². The first kappa shape index (κ1) is 25.2. The van der Waals surface area contributed by atoms with E-state index in [-0.39, 0.29) is 11.6 Å². The minimum Gasteiger partial charge on any atom is -0.350 e. The molecule has 6 rings (SSSR count). The molecule has 1 fully saturated rings. The summed E-state index contributed by atoms with van der Waals surface area (Å²) in [6.45, 7) is 4.07. The number of aromatic nitrogens is 5. The number of hydrogen-bond donors (Lipinski definition) is 3. The van der Waals surface area contributed by atoms with Gasteiger partial charge in [-0.3, -0.25) is 4.72 Å². The third-order valence-electron chi connectivity index (χ3n) is 6.97. The molecule has 39 heavy (non-hydrogen) atoms. The maximum Gasteiger partial charge on any atom is 0.238 e. The highest BCUT2D eigenvalue weighted by atomic mass is 32.2. The summed E-state index contributed by atoms with van der Waals surface area (Å²) in [7, 11) is -3.67. The van der Waals surface area contributed by atoms with Crippen LogP contribution in [0.5, 0.6) is 0 Å². The number of anilines is 2. The van der Waals surface area contributed by atoms with Gasteiger partial charge in [0.25, 0.3) is 0 Å². The maximum absolute atomic E-state index is 12.9.